The van der Waals surface area contributed by atoms with Crippen molar-refractivity contribution in [3.05, 3.63) is 32.6 Å². The maximum Gasteiger partial charge on any atom is 0.330 e. The van der Waals surface area contributed by atoms with Gasteiger partial charge >= 0.3 is 5.69 Å². The average molecular weight is 254 g/mol. The number of aromatic nitrogens is 2. The number of aliphatic hydroxyl groups excluding tert-OH is 1. The van der Waals surface area contributed by atoms with Gasteiger partial charge in [0.15, 0.2) is 0 Å². The molecule has 0 aliphatic carbocycles. The van der Waals surface area contributed by atoms with Crippen molar-refractivity contribution in [2.24, 2.45) is 0 Å². The van der Waals surface area contributed by atoms with Crippen LogP contribution in [0.2, 0.25) is 0 Å². The smallest absolute Gasteiger partial charge is 0.330 e. The summed E-state index contributed by atoms with van der Waals surface area (Å²) in [5, 5.41) is 8.92. The monoisotopic (exact) mass is 254 g/mol. The maximum absolute atomic E-state index is 11.6. The molecule has 1 fully saturated rings. The van der Waals surface area contributed by atoms with Gasteiger partial charge in [-0.1, -0.05) is 5.92 Å². The van der Waals surface area contributed by atoms with E-state index >= 15 is 0 Å². The Balaban J connectivity index is 2.37. The van der Waals surface area contributed by atoms with Crippen molar-refractivity contribution in [1.29, 1.82) is 0 Å². The summed E-state index contributed by atoms with van der Waals surface area (Å²) in [4.78, 5) is 25.0. The van der Waals surface area contributed by atoms with Gasteiger partial charge in [-0.05, 0) is 0 Å². The zero-order valence-electron chi connectivity index (χ0n) is 8.75. The molecule has 2 atom stereocenters. The molecule has 1 aromatic heterocycles. The molecule has 1 aliphatic rings. The zero-order valence-corrected chi connectivity index (χ0v) is 9.57. The van der Waals surface area contributed by atoms with Gasteiger partial charge in [0.25, 0.3) is 5.56 Å². The average Bonchev–Trinajstić information content (AvgIpc) is 2.78. The van der Waals surface area contributed by atoms with Crippen LogP contribution in [0.25, 0.3) is 0 Å². The molecule has 6 nitrogen and oxygen atoms in total. The van der Waals surface area contributed by atoms with Crippen LogP contribution >= 0.6 is 11.8 Å². The van der Waals surface area contributed by atoms with Gasteiger partial charge in [-0.2, -0.15) is 0 Å². The van der Waals surface area contributed by atoms with Gasteiger partial charge < -0.3 is 9.84 Å². The summed E-state index contributed by atoms with van der Waals surface area (Å²) in [5.74, 6) is 2.71. The number of hydrogen-bond donors (Lipinski definition) is 2. The standard InChI is InChI=1S/C10H10N2O4S/c1-2-6-3-12(10(15)11-9(6)14)7-5-17-8(4-13)16-7/h1,3,7-8,13H,4-5H2,(H,11,14,15)/t7-,8+/m1/s1. The molecule has 0 bridgehead atoms. The molecule has 2 rings (SSSR count). The summed E-state index contributed by atoms with van der Waals surface area (Å²) < 4.78 is 6.64. The lowest BCUT2D eigenvalue weighted by Crippen LogP contribution is -2.34. The number of nitrogens with one attached hydrogen (secondary N) is 1. The Morgan fingerprint density at radius 3 is 3.06 bits per heavy atom. The van der Waals surface area contributed by atoms with Crippen LogP contribution in [0.15, 0.2) is 15.8 Å². The van der Waals surface area contributed by atoms with Gasteiger partial charge in [0.05, 0.1) is 6.61 Å². The number of ether oxygens (including phenoxy) is 1. The number of terminal acetylenes is 1. The molecule has 0 unspecified atom stereocenters. The van der Waals surface area contributed by atoms with E-state index in [4.69, 9.17) is 16.3 Å². The molecular formula is C10H10N2O4S. The van der Waals surface area contributed by atoms with E-state index in [-0.39, 0.29) is 17.6 Å². The molecular weight excluding hydrogens is 244 g/mol. The highest BCUT2D eigenvalue weighted by Gasteiger charge is 2.27. The zero-order chi connectivity index (χ0) is 12.4. The summed E-state index contributed by atoms with van der Waals surface area (Å²) in [6.07, 6.45) is 5.93. The van der Waals surface area contributed by atoms with E-state index in [1.807, 2.05) is 0 Å². The minimum Gasteiger partial charge on any atom is -0.393 e. The topological polar surface area (TPSA) is 84.3 Å². The molecule has 17 heavy (non-hydrogen) atoms. The second kappa shape index (κ2) is 4.79. The van der Waals surface area contributed by atoms with Crippen molar-refractivity contribution in [2.45, 2.75) is 11.7 Å². The molecule has 0 radical (unpaired) electrons. The number of rotatable bonds is 2. The molecule has 1 aromatic rings. The van der Waals surface area contributed by atoms with Gasteiger partial charge in [-0.25, -0.2) is 4.79 Å². The van der Waals surface area contributed by atoms with Crippen molar-refractivity contribution in [3.8, 4) is 12.3 Å². The number of hydrogen-bond acceptors (Lipinski definition) is 5. The molecule has 0 aromatic carbocycles. The Bertz CT molecular complexity index is 571. The Morgan fingerprint density at radius 1 is 1.71 bits per heavy atom. The van der Waals surface area contributed by atoms with Crippen molar-refractivity contribution in [2.75, 3.05) is 12.4 Å². The number of aliphatic hydroxyl groups is 1. The first-order valence-electron chi connectivity index (χ1n) is 4.85. The normalized spacial score (nSPS) is 23.5. The summed E-state index contributed by atoms with van der Waals surface area (Å²) in [6.45, 7) is -0.124. The third-order valence-corrected chi connectivity index (χ3v) is 3.43. The van der Waals surface area contributed by atoms with Crippen molar-refractivity contribution < 1.29 is 9.84 Å². The Hall–Kier alpha value is -1.49. The SMILES string of the molecule is C#Cc1cn([C@H]2CS[C@@H](CO)O2)c(=O)[nH]c1=O. The lowest BCUT2D eigenvalue weighted by molar-refractivity contribution is -0.00644. The third kappa shape index (κ3) is 2.29. The van der Waals surface area contributed by atoms with Crippen LogP contribution < -0.4 is 11.2 Å². The first-order chi connectivity index (χ1) is 8.15. The van der Waals surface area contributed by atoms with Crippen LogP contribution in [0, 0.1) is 12.3 Å². The Kier molecular flexibility index (Phi) is 3.38. The predicted octanol–water partition coefficient (Wildman–Crippen LogP) is -0.902. The fourth-order valence-corrected chi connectivity index (χ4v) is 2.42. The molecule has 1 saturated heterocycles. The van der Waals surface area contributed by atoms with E-state index in [2.05, 4.69) is 10.9 Å². The van der Waals surface area contributed by atoms with Crippen LogP contribution in [0.4, 0.5) is 0 Å². The summed E-state index contributed by atoms with van der Waals surface area (Å²) >= 11 is 1.40. The van der Waals surface area contributed by atoms with E-state index in [0.717, 1.165) is 0 Å². The second-order valence-corrected chi connectivity index (χ2v) is 4.58. The van der Waals surface area contributed by atoms with Crippen LogP contribution in [0.1, 0.15) is 11.8 Å². The number of nitrogens with zero attached hydrogens (tertiary/aromatic N) is 1. The largest absolute Gasteiger partial charge is 0.393 e. The van der Waals surface area contributed by atoms with Crippen molar-refractivity contribution in [3.63, 3.8) is 0 Å². The number of H-pyrrole nitrogens is 1. The minimum absolute atomic E-state index is 0.0747. The first-order valence-corrected chi connectivity index (χ1v) is 5.90. The van der Waals surface area contributed by atoms with Crippen molar-refractivity contribution >= 4 is 11.8 Å². The quantitative estimate of drug-likeness (QED) is 0.668. The predicted molar refractivity (Wildman–Crippen MR) is 62.7 cm³/mol. The van der Waals surface area contributed by atoms with E-state index < -0.39 is 17.5 Å². The Morgan fingerprint density at radius 2 is 2.47 bits per heavy atom. The molecule has 0 amide bonds. The van der Waals surface area contributed by atoms with Gasteiger partial charge in [-0.3, -0.25) is 14.3 Å². The minimum atomic E-state index is -0.585. The second-order valence-electron chi connectivity index (χ2n) is 3.39. The summed E-state index contributed by atoms with van der Waals surface area (Å²) in [5.41, 5.74) is -1.44. The van der Waals surface area contributed by atoms with Gasteiger partial charge in [0, 0.05) is 11.9 Å². The van der Waals surface area contributed by atoms with Crippen LogP contribution in [0.5, 0.6) is 0 Å². The van der Waals surface area contributed by atoms with E-state index in [1.165, 1.54) is 22.5 Å². The van der Waals surface area contributed by atoms with Crippen LogP contribution in [-0.4, -0.2) is 32.5 Å². The lowest BCUT2D eigenvalue weighted by Gasteiger charge is -2.13. The van der Waals surface area contributed by atoms with Crippen molar-refractivity contribution in [1.82, 2.24) is 9.55 Å². The molecule has 2 heterocycles. The van der Waals surface area contributed by atoms with Gasteiger partial charge in [0.1, 0.15) is 17.2 Å². The fraction of sp³-hybridized carbons (Fsp3) is 0.400. The van der Waals surface area contributed by atoms with Crippen LogP contribution in [-0.2, 0) is 4.74 Å². The molecule has 2 N–H and O–H groups in total. The lowest BCUT2D eigenvalue weighted by atomic mass is 10.3. The van der Waals surface area contributed by atoms with E-state index in [0.29, 0.717) is 5.75 Å². The summed E-state index contributed by atoms with van der Waals surface area (Å²) in [6, 6.07) is 0. The van der Waals surface area contributed by atoms with E-state index in [9.17, 15) is 9.59 Å². The molecule has 7 heteroatoms. The van der Waals surface area contributed by atoms with Gasteiger partial charge in [0.2, 0.25) is 0 Å². The molecule has 90 valence electrons. The molecule has 0 spiro atoms. The fourth-order valence-electron chi connectivity index (χ4n) is 1.49. The van der Waals surface area contributed by atoms with Crippen LogP contribution in [0.3, 0.4) is 0 Å². The summed E-state index contributed by atoms with van der Waals surface area (Å²) in [7, 11) is 0. The highest BCUT2D eigenvalue weighted by atomic mass is 32.2. The number of thioether (sulfide) groups is 1. The first kappa shape index (κ1) is 12.0. The Labute approximate surface area is 101 Å². The van der Waals surface area contributed by atoms with E-state index in [1.54, 1.807) is 0 Å². The highest BCUT2D eigenvalue weighted by molar-refractivity contribution is 8.00. The maximum atomic E-state index is 11.6. The number of aromatic amines is 1. The third-order valence-electron chi connectivity index (χ3n) is 2.32. The highest BCUT2D eigenvalue weighted by Crippen LogP contribution is 2.30. The molecule has 1 aliphatic heterocycles. The van der Waals surface area contributed by atoms with Gasteiger partial charge in [-0.15, -0.1) is 18.2 Å². The molecule has 0 saturated carbocycles.